The predicted molar refractivity (Wildman–Crippen MR) is 76.4 cm³/mol. The minimum absolute atomic E-state index is 0.166. The topological polar surface area (TPSA) is 30.0 Å². The van der Waals surface area contributed by atoms with Gasteiger partial charge in [0.15, 0.2) is 0 Å². The Morgan fingerprint density at radius 1 is 1.24 bits per heavy atom. The molecule has 0 spiro atoms. The van der Waals surface area contributed by atoms with Gasteiger partial charge in [0.2, 0.25) is 0 Å². The fourth-order valence-electron chi connectivity index (χ4n) is 1.96. The van der Waals surface area contributed by atoms with E-state index in [0.29, 0.717) is 10.6 Å². The van der Waals surface area contributed by atoms with E-state index in [-0.39, 0.29) is 12.3 Å². The van der Waals surface area contributed by atoms with Crippen LogP contribution in [0.4, 0.5) is 13.2 Å². The molecule has 0 radical (unpaired) electrons. The SMILES string of the molecule is CC(C)c1nc(-c2ccc(C(F)(F)F)cc2)sc1CC=O. The molecule has 0 atom stereocenters. The van der Waals surface area contributed by atoms with Gasteiger partial charge < -0.3 is 4.79 Å². The molecule has 2 nitrogen and oxygen atoms in total. The van der Waals surface area contributed by atoms with Crippen molar-refractivity contribution in [1.82, 2.24) is 4.98 Å². The molecule has 2 aromatic rings. The maximum atomic E-state index is 12.5. The molecule has 1 aromatic carbocycles. The first-order valence-corrected chi connectivity index (χ1v) is 7.25. The molecule has 0 amide bonds. The van der Waals surface area contributed by atoms with Crippen molar-refractivity contribution in [3.63, 3.8) is 0 Å². The average Bonchev–Trinajstić information content (AvgIpc) is 2.82. The van der Waals surface area contributed by atoms with Gasteiger partial charge in [-0.05, 0) is 18.1 Å². The van der Waals surface area contributed by atoms with Crippen LogP contribution in [0, 0.1) is 0 Å². The van der Waals surface area contributed by atoms with Crippen molar-refractivity contribution < 1.29 is 18.0 Å². The van der Waals surface area contributed by atoms with Crippen LogP contribution >= 0.6 is 11.3 Å². The molecule has 6 heteroatoms. The molecule has 0 unspecified atom stereocenters. The summed E-state index contributed by atoms with van der Waals surface area (Å²) in [4.78, 5) is 16.0. The number of hydrogen-bond donors (Lipinski definition) is 0. The monoisotopic (exact) mass is 313 g/mol. The highest BCUT2D eigenvalue weighted by molar-refractivity contribution is 7.15. The molecule has 21 heavy (non-hydrogen) atoms. The summed E-state index contributed by atoms with van der Waals surface area (Å²) in [6, 6.07) is 4.92. The van der Waals surface area contributed by atoms with Crippen LogP contribution in [0.15, 0.2) is 24.3 Å². The molecule has 1 heterocycles. The molecule has 0 aliphatic rings. The second-order valence-electron chi connectivity index (χ2n) is 4.93. The Balaban J connectivity index is 2.38. The zero-order valence-electron chi connectivity index (χ0n) is 11.6. The van der Waals surface area contributed by atoms with Gasteiger partial charge in [0.1, 0.15) is 11.3 Å². The third-order valence-corrected chi connectivity index (χ3v) is 4.14. The lowest BCUT2D eigenvalue weighted by atomic mass is 10.1. The van der Waals surface area contributed by atoms with Crippen molar-refractivity contribution in [2.75, 3.05) is 0 Å². The quantitative estimate of drug-likeness (QED) is 0.766. The lowest BCUT2D eigenvalue weighted by molar-refractivity contribution is -0.137. The molecule has 0 saturated carbocycles. The van der Waals surface area contributed by atoms with Crippen LogP contribution in [0.3, 0.4) is 0 Å². The number of aldehydes is 1. The number of benzene rings is 1. The third-order valence-electron chi connectivity index (χ3n) is 3.00. The summed E-state index contributed by atoms with van der Waals surface area (Å²) < 4.78 is 37.6. The predicted octanol–water partition coefficient (Wildman–Crippen LogP) is 4.69. The second kappa shape index (κ2) is 5.97. The van der Waals surface area contributed by atoms with Crippen LogP contribution in [-0.4, -0.2) is 11.3 Å². The Labute approximate surface area is 124 Å². The lowest BCUT2D eigenvalue weighted by Crippen LogP contribution is -2.03. The molecule has 1 aromatic heterocycles. The van der Waals surface area contributed by atoms with Crippen molar-refractivity contribution >= 4 is 17.6 Å². The molecule has 0 bridgehead atoms. The third kappa shape index (κ3) is 3.50. The first-order valence-electron chi connectivity index (χ1n) is 6.43. The number of carbonyl (C=O) groups excluding carboxylic acids is 1. The first kappa shape index (κ1) is 15.7. The standard InChI is InChI=1S/C15H14F3NOS/c1-9(2)13-12(7-8-20)21-14(19-13)10-3-5-11(6-4-10)15(16,17)18/h3-6,8-9H,7H2,1-2H3. The lowest BCUT2D eigenvalue weighted by Gasteiger charge is -2.06. The van der Waals surface area contributed by atoms with E-state index >= 15 is 0 Å². The van der Waals surface area contributed by atoms with Gasteiger partial charge in [0, 0.05) is 16.9 Å². The summed E-state index contributed by atoms with van der Waals surface area (Å²) in [5.74, 6) is 0.166. The second-order valence-corrected chi connectivity index (χ2v) is 6.01. The Bertz CT molecular complexity index is 629. The van der Waals surface area contributed by atoms with Gasteiger partial charge >= 0.3 is 6.18 Å². The van der Waals surface area contributed by atoms with E-state index in [1.807, 2.05) is 13.8 Å². The average molecular weight is 313 g/mol. The van der Waals surface area contributed by atoms with Crippen LogP contribution in [0.1, 0.15) is 35.9 Å². The van der Waals surface area contributed by atoms with Gasteiger partial charge in [0.25, 0.3) is 0 Å². The number of alkyl halides is 3. The van der Waals surface area contributed by atoms with Crippen molar-refractivity contribution in [1.29, 1.82) is 0 Å². The maximum absolute atomic E-state index is 12.5. The van der Waals surface area contributed by atoms with Crippen molar-refractivity contribution in [2.45, 2.75) is 32.4 Å². The minimum atomic E-state index is -4.34. The number of carbonyl (C=O) groups is 1. The molecule has 2 rings (SSSR count). The summed E-state index contributed by atoms with van der Waals surface area (Å²) in [5, 5.41) is 0.643. The van der Waals surface area contributed by atoms with E-state index in [1.165, 1.54) is 23.5 Å². The summed E-state index contributed by atoms with van der Waals surface area (Å²) in [6.45, 7) is 3.94. The molecule has 0 aliphatic heterocycles. The molecule has 0 N–H and O–H groups in total. The molecular formula is C15H14F3NOS. The number of thiazole rings is 1. The van der Waals surface area contributed by atoms with Gasteiger partial charge in [-0.3, -0.25) is 0 Å². The fraction of sp³-hybridized carbons (Fsp3) is 0.333. The Hall–Kier alpha value is -1.69. The summed E-state index contributed by atoms with van der Waals surface area (Å²) in [5.41, 5.74) is 0.786. The molecule has 0 aliphatic carbocycles. The highest BCUT2D eigenvalue weighted by Crippen LogP contribution is 2.34. The van der Waals surface area contributed by atoms with Crippen LogP contribution in [-0.2, 0) is 17.4 Å². The largest absolute Gasteiger partial charge is 0.416 e. The summed E-state index contributed by atoms with van der Waals surface area (Å²) in [7, 11) is 0. The zero-order valence-corrected chi connectivity index (χ0v) is 12.4. The zero-order chi connectivity index (χ0) is 15.6. The number of hydrogen-bond acceptors (Lipinski definition) is 3. The highest BCUT2D eigenvalue weighted by Gasteiger charge is 2.30. The van der Waals surface area contributed by atoms with Gasteiger partial charge in [-0.15, -0.1) is 11.3 Å². The molecular weight excluding hydrogens is 299 g/mol. The fourth-order valence-corrected chi connectivity index (χ4v) is 3.13. The maximum Gasteiger partial charge on any atom is 0.416 e. The van der Waals surface area contributed by atoms with Crippen molar-refractivity contribution in [2.24, 2.45) is 0 Å². The van der Waals surface area contributed by atoms with Gasteiger partial charge in [-0.2, -0.15) is 13.2 Å². The molecule has 112 valence electrons. The smallest absolute Gasteiger partial charge is 0.303 e. The summed E-state index contributed by atoms with van der Waals surface area (Å²) in [6.07, 6.45) is -3.24. The van der Waals surface area contributed by atoms with E-state index in [0.717, 1.165) is 29.0 Å². The van der Waals surface area contributed by atoms with Crippen molar-refractivity contribution in [3.05, 3.63) is 40.4 Å². The van der Waals surface area contributed by atoms with E-state index in [4.69, 9.17) is 0 Å². The van der Waals surface area contributed by atoms with E-state index in [9.17, 15) is 18.0 Å². The summed E-state index contributed by atoms with van der Waals surface area (Å²) >= 11 is 1.36. The number of aromatic nitrogens is 1. The van der Waals surface area contributed by atoms with Gasteiger partial charge in [0.05, 0.1) is 11.3 Å². The first-order chi connectivity index (χ1) is 9.82. The Morgan fingerprint density at radius 2 is 1.86 bits per heavy atom. The minimum Gasteiger partial charge on any atom is -0.303 e. The van der Waals surface area contributed by atoms with Crippen LogP contribution in [0.25, 0.3) is 10.6 Å². The van der Waals surface area contributed by atoms with E-state index in [1.54, 1.807) is 0 Å². The molecule has 0 saturated heterocycles. The van der Waals surface area contributed by atoms with E-state index < -0.39 is 11.7 Å². The van der Waals surface area contributed by atoms with Gasteiger partial charge in [-0.25, -0.2) is 4.98 Å². The van der Waals surface area contributed by atoms with Crippen LogP contribution in [0.5, 0.6) is 0 Å². The number of rotatable bonds is 4. The normalized spacial score (nSPS) is 11.9. The van der Waals surface area contributed by atoms with Crippen LogP contribution < -0.4 is 0 Å². The Kier molecular flexibility index (Phi) is 4.46. The number of halogens is 3. The molecule has 0 fully saturated rings. The Morgan fingerprint density at radius 3 is 2.33 bits per heavy atom. The van der Waals surface area contributed by atoms with Crippen molar-refractivity contribution in [3.8, 4) is 10.6 Å². The van der Waals surface area contributed by atoms with Crippen LogP contribution in [0.2, 0.25) is 0 Å². The van der Waals surface area contributed by atoms with Gasteiger partial charge in [-0.1, -0.05) is 26.0 Å². The number of nitrogens with zero attached hydrogens (tertiary/aromatic N) is 1. The highest BCUT2D eigenvalue weighted by atomic mass is 32.1. The van der Waals surface area contributed by atoms with E-state index in [2.05, 4.69) is 4.98 Å².